The van der Waals surface area contributed by atoms with E-state index in [1.165, 1.54) is 0 Å². The minimum Gasteiger partial charge on any atom is -0.482 e. The summed E-state index contributed by atoms with van der Waals surface area (Å²) in [6.45, 7) is 0.766. The van der Waals surface area contributed by atoms with Gasteiger partial charge in [0.15, 0.2) is 6.61 Å². The predicted octanol–water partition coefficient (Wildman–Crippen LogP) is 2.58. The van der Waals surface area contributed by atoms with Gasteiger partial charge in [0.2, 0.25) is 0 Å². The Morgan fingerprint density at radius 3 is 2.70 bits per heavy atom. The van der Waals surface area contributed by atoms with Crippen molar-refractivity contribution in [1.29, 1.82) is 0 Å². The summed E-state index contributed by atoms with van der Waals surface area (Å²) in [4.78, 5) is 17.2. The molecule has 0 spiro atoms. The molecule has 20 heavy (non-hydrogen) atoms. The molecule has 0 bridgehead atoms. The highest BCUT2D eigenvalue weighted by atomic mass is 16.5. The number of ether oxygens (including phenoxy) is 1. The minimum absolute atomic E-state index is 0.0533. The summed E-state index contributed by atoms with van der Waals surface area (Å²) in [5.74, 6) is 0.756. The lowest BCUT2D eigenvalue weighted by Gasteiger charge is -2.22. The largest absolute Gasteiger partial charge is 0.482 e. The third-order valence-corrected chi connectivity index (χ3v) is 3.44. The van der Waals surface area contributed by atoms with Crippen LogP contribution in [0.2, 0.25) is 0 Å². The summed E-state index contributed by atoms with van der Waals surface area (Å²) in [5.41, 5.74) is 1.16. The molecule has 0 radical (unpaired) electrons. The summed E-state index contributed by atoms with van der Waals surface area (Å²) < 4.78 is 5.48. The Morgan fingerprint density at radius 2 is 2.05 bits per heavy atom. The maximum absolute atomic E-state index is 12.3. The van der Waals surface area contributed by atoms with Gasteiger partial charge in [-0.05, 0) is 24.5 Å². The van der Waals surface area contributed by atoms with Gasteiger partial charge in [-0.1, -0.05) is 30.3 Å². The Morgan fingerprint density at radius 1 is 1.25 bits per heavy atom. The lowest BCUT2D eigenvalue weighted by molar-refractivity contribution is -0.134. The molecule has 0 saturated heterocycles. The van der Waals surface area contributed by atoms with Crippen LogP contribution in [-0.2, 0) is 11.3 Å². The summed E-state index contributed by atoms with van der Waals surface area (Å²) in [6, 6.07) is 12.3. The van der Waals surface area contributed by atoms with Crippen molar-refractivity contribution in [2.24, 2.45) is 0 Å². The van der Waals surface area contributed by atoms with E-state index in [0.29, 0.717) is 18.3 Å². The number of aromatic nitrogens is 1. The van der Waals surface area contributed by atoms with E-state index in [4.69, 9.17) is 4.74 Å². The summed E-state index contributed by atoms with van der Waals surface area (Å²) in [7, 11) is 0. The van der Waals surface area contributed by atoms with Gasteiger partial charge >= 0.3 is 0 Å². The van der Waals surface area contributed by atoms with Gasteiger partial charge in [-0.2, -0.15) is 0 Å². The van der Waals surface area contributed by atoms with Crippen LogP contribution in [0.25, 0.3) is 0 Å². The van der Waals surface area contributed by atoms with Crippen LogP contribution in [-0.4, -0.2) is 28.4 Å². The van der Waals surface area contributed by atoms with Crippen LogP contribution in [0.3, 0.4) is 0 Å². The molecule has 4 heteroatoms. The van der Waals surface area contributed by atoms with Crippen LogP contribution < -0.4 is 4.74 Å². The number of hydrogen-bond donors (Lipinski definition) is 1. The van der Waals surface area contributed by atoms with Crippen LogP contribution in [0.1, 0.15) is 18.4 Å². The zero-order chi connectivity index (χ0) is 13.8. The summed E-state index contributed by atoms with van der Waals surface area (Å²) in [5, 5.41) is 0. The molecule has 1 aromatic carbocycles. The van der Waals surface area contributed by atoms with Crippen molar-refractivity contribution in [3.8, 4) is 5.75 Å². The number of nitrogens with zero attached hydrogens (tertiary/aromatic N) is 1. The van der Waals surface area contributed by atoms with Crippen molar-refractivity contribution in [1.82, 2.24) is 9.88 Å². The highest BCUT2D eigenvalue weighted by Crippen LogP contribution is 2.28. The molecule has 1 aliphatic carbocycles. The molecule has 0 aliphatic heterocycles. The fraction of sp³-hybridized carbons (Fsp3) is 0.312. The van der Waals surface area contributed by atoms with Crippen molar-refractivity contribution in [2.75, 3.05) is 6.61 Å². The molecule has 2 aromatic rings. The van der Waals surface area contributed by atoms with Crippen molar-refractivity contribution in [2.45, 2.75) is 25.4 Å². The highest BCUT2D eigenvalue weighted by Gasteiger charge is 2.32. The molecule has 1 N–H and O–H groups in total. The number of carbonyl (C=O) groups is 1. The standard InChI is InChI=1S/C16H18N2O2/c19-16(12-20-15-8-9-17-10-15)18(14-6-7-14)11-13-4-2-1-3-5-13/h1-5,8-10,14,17H,6-7,11-12H2. The quantitative estimate of drug-likeness (QED) is 0.877. The van der Waals surface area contributed by atoms with Crippen LogP contribution in [0, 0.1) is 0 Å². The zero-order valence-electron chi connectivity index (χ0n) is 11.3. The van der Waals surface area contributed by atoms with Gasteiger partial charge in [0.05, 0.1) is 0 Å². The molecule has 1 heterocycles. The number of H-pyrrole nitrogens is 1. The SMILES string of the molecule is O=C(COc1cc[nH]c1)N(Cc1ccccc1)C1CC1. The van der Waals surface area contributed by atoms with Crippen molar-refractivity contribution >= 4 is 5.91 Å². The van der Waals surface area contributed by atoms with Crippen LogP contribution >= 0.6 is 0 Å². The van der Waals surface area contributed by atoms with Crippen LogP contribution in [0.4, 0.5) is 0 Å². The third kappa shape index (κ3) is 3.20. The van der Waals surface area contributed by atoms with Gasteiger partial charge in [0.1, 0.15) is 5.75 Å². The summed E-state index contributed by atoms with van der Waals surface area (Å²) >= 11 is 0. The Labute approximate surface area is 118 Å². The Kier molecular flexibility index (Phi) is 3.72. The number of nitrogens with one attached hydrogen (secondary N) is 1. The van der Waals surface area contributed by atoms with Gasteiger partial charge in [0, 0.05) is 25.0 Å². The van der Waals surface area contributed by atoms with Gasteiger partial charge in [0.25, 0.3) is 5.91 Å². The molecule has 0 atom stereocenters. The topological polar surface area (TPSA) is 45.3 Å². The Hall–Kier alpha value is -2.23. The first-order valence-electron chi connectivity index (χ1n) is 6.92. The van der Waals surface area contributed by atoms with Crippen molar-refractivity contribution in [3.63, 3.8) is 0 Å². The minimum atomic E-state index is 0.0533. The molecule has 1 aliphatic rings. The second-order valence-electron chi connectivity index (χ2n) is 5.07. The van der Waals surface area contributed by atoms with E-state index in [-0.39, 0.29) is 12.5 Å². The normalized spacial score (nSPS) is 14.0. The van der Waals surface area contributed by atoms with E-state index in [1.54, 1.807) is 12.4 Å². The first kappa shape index (κ1) is 12.8. The van der Waals surface area contributed by atoms with E-state index in [9.17, 15) is 4.79 Å². The van der Waals surface area contributed by atoms with Gasteiger partial charge in [-0.25, -0.2) is 0 Å². The Balaban J connectivity index is 1.60. The maximum atomic E-state index is 12.3. The third-order valence-electron chi connectivity index (χ3n) is 3.44. The molecule has 1 amide bonds. The number of carbonyl (C=O) groups excluding carboxylic acids is 1. The molecule has 1 aromatic heterocycles. The van der Waals surface area contributed by atoms with Gasteiger partial charge in [-0.3, -0.25) is 4.79 Å². The average Bonchev–Trinajstić information content (AvgIpc) is 3.19. The summed E-state index contributed by atoms with van der Waals surface area (Å²) in [6.07, 6.45) is 5.72. The number of amides is 1. The van der Waals surface area contributed by atoms with Crippen LogP contribution in [0.5, 0.6) is 5.75 Å². The molecule has 3 rings (SSSR count). The fourth-order valence-electron chi connectivity index (χ4n) is 2.21. The smallest absolute Gasteiger partial charge is 0.261 e. The monoisotopic (exact) mass is 270 g/mol. The average molecular weight is 270 g/mol. The van der Waals surface area contributed by atoms with E-state index in [1.807, 2.05) is 29.2 Å². The van der Waals surface area contributed by atoms with E-state index in [0.717, 1.165) is 18.4 Å². The molecule has 1 saturated carbocycles. The molecule has 4 nitrogen and oxygen atoms in total. The molecular weight excluding hydrogens is 252 g/mol. The van der Waals surface area contributed by atoms with Crippen LogP contribution in [0.15, 0.2) is 48.8 Å². The first-order chi connectivity index (χ1) is 9.83. The first-order valence-corrected chi connectivity index (χ1v) is 6.92. The lowest BCUT2D eigenvalue weighted by atomic mass is 10.2. The zero-order valence-corrected chi connectivity index (χ0v) is 11.3. The van der Waals surface area contributed by atoms with Crippen molar-refractivity contribution in [3.05, 3.63) is 54.4 Å². The van der Waals surface area contributed by atoms with E-state index in [2.05, 4.69) is 17.1 Å². The lowest BCUT2D eigenvalue weighted by Crippen LogP contribution is -2.36. The second-order valence-corrected chi connectivity index (χ2v) is 5.07. The van der Waals surface area contributed by atoms with Crippen molar-refractivity contribution < 1.29 is 9.53 Å². The number of benzene rings is 1. The van der Waals surface area contributed by atoms with Gasteiger partial charge < -0.3 is 14.6 Å². The maximum Gasteiger partial charge on any atom is 0.261 e. The fourth-order valence-corrected chi connectivity index (χ4v) is 2.21. The molecule has 0 unspecified atom stereocenters. The molecular formula is C16H18N2O2. The molecule has 104 valence electrons. The van der Waals surface area contributed by atoms with Gasteiger partial charge in [-0.15, -0.1) is 0 Å². The number of aromatic amines is 1. The van der Waals surface area contributed by atoms with E-state index < -0.39 is 0 Å². The second kappa shape index (κ2) is 5.82. The Bertz CT molecular complexity index is 547. The number of hydrogen-bond acceptors (Lipinski definition) is 2. The molecule has 1 fully saturated rings. The predicted molar refractivity (Wildman–Crippen MR) is 76.3 cm³/mol. The number of rotatable bonds is 6. The van der Waals surface area contributed by atoms with E-state index >= 15 is 0 Å². The highest BCUT2D eigenvalue weighted by molar-refractivity contribution is 5.78.